The Kier molecular flexibility index (Phi) is 5.20. The lowest BCUT2D eigenvalue weighted by atomic mass is 9.86. The SMILES string of the molecule is COc1cccc(NC(=O)C(=O)NC2CCCCC2C)c1. The van der Waals surface area contributed by atoms with Crippen LogP contribution in [0.5, 0.6) is 5.75 Å². The summed E-state index contributed by atoms with van der Waals surface area (Å²) in [5, 5.41) is 5.42. The number of nitrogens with one attached hydrogen (secondary N) is 2. The van der Waals surface area contributed by atoms with Gasteiger partial charge in [0.15, 0.2) is 0 Å². The number of rotatable bonds is 3. The lowest BCUT2D eigenvalue weighted by Gasteiger charge is -2.29. The Morgan fingerprint density at radius 3 is 2.67 bits per heavy atom. The molecule has 5 heteroatoms. The first kappa shape index (κ1) is 15.4. The molecule has 0 spiro atoms. The Morgan fingerprint density at radius 1 is 1.19 bits per heavy atom. The van der Waals surface area contributed by atoms with Crippen molar-refractivity contribution in [1.82, 2.24) is 5.32 Å². The highest BCUT2D eigenvalue weighted by molar-refractivity contribution is 6.39. The van der Waals surface area contributed by atoms with E-state index in [1.165, 1.54) is 6.42 Å². The number of hydrogen-bond acceptors (Lipinski definition) is 3. The molecular formula is C16H22N2O3. The third kappa shape index (κ3) is 4.21. The number of hydrogen-bond donors (Lipinski definition) is 2. The lowest BCUT2D eigenvalue weighted by molar-refractivity contribution is -0.137. The van der Waals surface area contributed by atoms with Gasteiger partial charge in [0.1, 0.15) is 5.75 Å². The Labute approximate surface area is 125 Å². The predicted octanol–water partition coefficient (Wildman–Crippen LogP) is 2.33. The van der Waals surface area contributed by atoms with Crippen LogP contribution >= 0.6 is 0 Å². The van der Waals surface area contributed by atoms with E-state index in [-0.39, 0.29) is 6.04 Å². The van der Waals surface area contributed by atoms with E-state index < -0.39 is 11.8 Å². The van der Waals surface area contributed by atoms with Crippen LogP contribution in [0.15, 0.2) is 24.3 Å². The van der Waals surface area contributed by atoms with Gasteiger partial charge in [0.25, 0.3) is 0 Å². The highest BCUT2D eigenvalue weighted by atomic mass is 16.5. The predicted molar refractivity (Wildman–Crippen MR) is 81.2 cm³/mol. The number of carbonyl (C=O) groups is 2. The number of ether oxygens (including phenoxy) is 1. The molecule has 1 fully saturated rings. The maximum atomic E-state index is 12.0. The molecule has 0 heterocycles. The number of amides is 2. The van der Waals surface area contributed by atoms with Crippen LogP contribution in [0.4, 0.5) is 5.69 Å². The molecule has 2 amide bonds. The zero-order chi connectivity index (χ0) is 15.2. The van der Waals surface area contributed by atoms with Gasteiger partial charge in [-0.1, -0.05) is 25.8 Å². The highest BCUT2D eigenvalue weighted by Crippen LogP contribution is 2.23. The minimum atomic E-state index is -0.638. The van der Waals surface area contributed by atoms with E-state index >= 15 is 0 Å². The Hall–Kier alpha value is -2.04. The fourth-order valence-corrected chi connectivity index (χ4v) is 2.65. The van der Waals surface area contributed by atoms with E-state index in [0.29, 0.717) is 17.4 Å². The van der Waals surface area contributed by atoms with Crippen molar-refractivity contribution in [2.75, 3.05) is 12.4 Å². The summed E-state index contributed by atoms with van der Waals surface area (Å²) in [6, 6.07) is 7.03. The van der Waals surface area contributed by atoms with Crippen LogP contribution in [0.25, 0.3) is 0 Å². The Bertz CT molecular complexity index is 516. The van der Waals surface area contributed by atoms with Crippen LogP contribution in [0.2, 0.25) is 0 Å². The first-order valence-electron chi connectivity index (χ1n) is 7.36. The van der Waals surface area contributed by atoms with Gasteiger partial charge in [0, 0.05) is 17.8 Å². The summed E-state index contributed by atoms with van der Waals surface area (Å²) in [5.41, 5.74) is 0.547. The topological polar surface area (TPSA) is 67.4 Å². The molecule has 0 aliphatic heterocycles. The van der Waals surface area contributed by atoms with Gasteiger partial charge < -0.3 is 15.4 Å². The Balaban J connectivity index is 1.91. The fraction of sp³-hybridized carbons (Fsp3) is 0.500. The van der Waals surface area contributed by atoms with Crippen LogP contribution in [-0.4, -0.2) is 25.0 Å². The van der Waals surface area contributed by atoms with E-state index in [4.69, 9.17) is 4.74 Å². The van der Waals surface area contributed by atoms with Crippen molar-refractivity contribution in [3.63, 3.8) is 0 Å². The minimum absolute atomic E-state index is 0.0994. The number of benzene rings is 1. The van der Waals surface area contributed by atoms with Crippen molar-refractivity contribution in [2.45, 2.75) is 38.6 Å². The first-order valence-corrected chi connectivity index (χ1v) is 7.36. The summed E-state index contributed by atoms with van der Waals surface area (Å²) in [6.45, 7) is 2.12. The Morgan fingerprint density at radius 2 is 1.95 bits per heavy atom. The van der Waals surface area contributed by atoms with Gasteiger partial charge >= 0.3 is 11.8 Å². The van der Waals surface area contributed by atoms with Crippen LogP contribution < -0.4 is 15.4 Å². The molecule has 2 N–H and O–H groups in total. The van der Waals surface area contributed by atoms with Gasteiger partial charge in [-0.3, -0.25) is 9.59 Å². The molecule has 2 unspecified atom stereocenters. The van der Waals surface area contributed by atoms with E-state index in [2.05, 4.69) is 17.6 Å². The van der Waals surface area contributed by atoms with Crippen molar-refractivity contribution in [2.24, 2.45) is 5.92 Å². The number of methoxy groups -OCH3 is 1. The minimum Gasteiger partial charge on any atom is -0.497 e. The van der Waals surface area contributed by atoms with E-state index in [0.717, 1.165) is 19.3 Å². The summed E-state index contributed by atoms with van der Waals surface area (Å²) < 4.78 is 5.08. The molecule has 2 atom stereocenters. The molecule has 0 saturated heterocycles. The molecule has 114 valence electrons. The number of carbonyl (C=O) groups excluding carboxylic acids is 2. The second-order valence-electron chi connectivity index (χ2n) is 5.53. The molecular weight excluding hydrogens is 268 g/mol. The molecule has 1 aliphatic carbocycles. The van der Waals surface area contributed by atoms with Crippen LogP contribution in [0.3, 0.4) is 0 Å². The van der Waals surface area contributed by atoms with Crippen molar-refractivity contribution in [3.05, 3.63) is 24.3 Å². The van der Waals surface area contributed by atoms with E-state index in [1.54, 1.807) is 31.4 Å². The van der Waals surface area contributed by atoms with Crippen molar-refractivity contribution >= 4 is 17.5 Å². The molecule has 5 nitrogen and oxygen atoms in total. The maximum Gasteiger partial charge on any atom is 0.313 e. The third-order valence-electron chi connectivity index (χ3n) is 3.96. The fourth-order valence-electron chi connectivity index (χ4n) is 2.65. The summed E-state index contributed by atoms with van der Waals surface area (Å²) in [6.07, 6.45) is 4.35. The molecule has 2 rings (SSSR count). The van der Waals surface area contributed by atoms with Crippen LogP contribution in [-0.2, 0) is 9.59 Å². The standard InChI is InChI=1S/C16H22N2O3/c1-11-6-3-4-9-14(11)18-16(20)15(19)17-12-7-5-8-13(10-12)21-2/h5,7-8,10-11,14H,3-4,6,9H2,1-2H3,(H,17,19)(H,18,20). The third-order valence-corrected chi connectivity index (χ3v) is 3.96. The van der Waals surface area contributed by atoms with Crippen molar-refractivity contribution in [1.29, 1.82) is 0 Å². The van der Waals surface area contributed by atoms with Crippen LogP contribution in [0, 0.1) is 5.92 Å². The molecule has 1 aliphatic rings. The van der Waals surface area contributed by atoms with Crippen molar-refractivity contribution in [3.8, 4) is 5.75 Å². The lowest BCUT2D eigenvalue weighted by Crippen LogP contribution is -2.45. The second kappa shape index (κ2) is 7.11. The van der Waals surface area contributed by atoms with Gasteiger partial charge in [-0.05, 0) is 30.9 Å². The molecule has 21 heavy (non-hydrogen) atoms. The molecule has 0 radical (unpaired) electrons. The van der Waals surface area contributed by atoms with Gasteiger partial charge in [-0.25, -0.2) is 0 Å². The largest absolute Gasteiger partial charge is 0.497 e. The average Bonchev–Trinajstić information content (AvgIpc) is 2.49. The molecule has 1 aromatic rings. The second-order valence-corrected chi connectivity index (χ2v) is 5.53. The maximum absolute atomic E-state index is 12.0. The number of anilines is 1. The van der Waals surface area contributed by atoms with Crippen LogP contribution in [0.1, 0.15) is 32.6 Å². The zero-order valence-corrected chi connectivity index (χ0v) is 12.5. The summed E-state index contributed by atoms with van der Waals surface area (Å²) in [5.74, 6) is -0.154. The summed E-state index contributed by atoms with van der Waals surface area (Å²) >= 11 is 0. The smallest absolute Gasteiger partial charge is 0.313 e. The zero-order valence-electron chi connectivity index (χ0n) is 12.5. The monoisotopic (exact) mass is 290 g/mol. The summed E-state index contributed by atoms with van der Waals surface area (Å²) in [4.78, 5) is 23.9. The normalized spacial score (nSPS) is 21.4. The highest BCUT2D eigenvalue weighted by Gasteiger charge is 2.25. The quantitative estimate of drug-likeness (QED) is 0.840. The van der Waals surface area contributed by atoms with Crippen molar-refractivity contribution < 1.29 is 14.3 Å². The van der Waals surface area contributed by atoms with Gasteiger partial charge in [-0.15, -0.1) is 0 Å². The van der Waals surface area contributed by atoms with E-state index in [9.17, 15) is 9.59 Å². The average molecular weight is 290 g/mol. The first-order chi connectivity index (χ1) is 10.1. The van der Waals surface area contributed by atoms with Gasteiger partial charge in [0.05, 0.1) is 7.11 Å². The summed E-state index contributed by atoms with van der Waals surface area (Å²) in [7, 11) is 1.55. The van der Waals surface area contributed by atoms with Gasteiger partial charge in [0.2, 0.25) is 0 Å². The molecule has 0 bridgehead atoms. The van der Waals surface area contributed by atoms with E-state index in [1.807, 2.05) is 0 Å². The molecule has 1 saturated carbocycles. The molecule has 1 aromatic carbocycles. The molecule has 0 aromatic heterocycles. The van der Waals surface area contributed by atoms with Gasteiger partial charge in [-0.2, -0.15) is 0 Å².